The number of sulfonamides is 1. The molecule has 0 aliphatic heterocycles. The van der Waals surface area contributed by atoms with E-state index in [1.807, 2.05) is 29.8 Å². The highest BCUT2D eigenvalue weighted by Crippen LogP contribution is 2.20. The van der Waals surface area contributed by atoms with Crippen molar-refractivity contribution >= 4 is 21.6 Å². The van der Waals surface area contributed by atoms with E-state index in [0.717, 1.165) is 24.4 Å². The number of hydrogen-bond donors (Lipinski definition) is 1. The van der Waals surface area contributed by atoms with Crippen LogP contribution >= 0.6 is 11.6 Å². The number of nitrogens with zero attached hydrogens (tertiary/aromatic N) is 3. The van der Waals surface area contributed by atoms with E-state index in [4.69, 9.17) is 16.1 Å². The molecule has 3 aromatic rings. The van der Waals surface area contributed by atoms with E-state index in [9.17, 15) is 12.8 Å². The third-order valence-corrected chi connectivity index (χ3v) is 5.30. The molecule has 0 amide bonds. The van der Waals surface area contributed by atoms with Crippen LogP contribution in [0.1, 0.15) is 18.4 Å². The predicted molar refractivity (Wildman–Crippen MR) is 94.3 cm³/mol. The second-order valence-electron chi connectivity index (χ2n) is 5.51. The van der Waals surface area contributed by atoms with Gasteiger partial charge in [-0.2, -0.15) is 4.98 Å². The zero-order valence-corrected chi connectivity index (χ0v) is 15.4. The Morgan fingerprint density at radius 1 is 1.35 bits per heavy atom. The van der Waals surface area contributed by atoms with E-state index in [-0.39, 0.29) is 23.2 Å². The fourth-order valence-electron chi connectivity index (χ4n) is 2.39. The van der Waals surface area contributed by atoms with Gasteiger partial charge in [-0.3, -0.25) is 0 Å². The van der Waals surface area contributed by atoms with Crippen molar-refractivity contribution in [2.45, 2.75) is 25.8 Å². The molecule has 0 aliphatic rings. The van der Waals surface area contributed by atoms with E-state index < -0.39 is 15.8 Å². The van der Waals surface area contributed by atoms with E-state index in [1.54, 1.807) is 0 Å². The summed E-state index contributed by atoms with van der Waals surface area (Å²) in [6.45, 7) is 2.58. The van der Waals surface area contributed by atoms with Gasteiger partial charge in [0.05, 0.1) is 18.0 Å². The largest absolute Gasteiger partial charge is 0.345 e. The molecule has 0 atom stereocenters. The van der Waals surface area contributed by atoms with E-state index in [1.165, 1.54) is 6.07 Å². The molecule has 0 saturated carbocycles. The Morgan fingerprint density at radius 3 is 2.88 bits per heavy atom. The second-order valence-corrected chi connectivity index (χ2v) is 7.72. The van der Waals surface area contributed by atoms with Crippen LogP contribution in [0.4, 0.5) is 4.39 Å². The summed E-state index contributed by atoms with van der Waals surface area (Å²) in [5.74, 6) is -0.393. The van der Waals surface area contributed by atoms with Crippen molar-refractivity contribution in [1.29, 1.82) is 0 Å². The van der Waals surface area contributed by atoms with Crippen LogP contribution in [-0.4, -0.2) is 23.1 Å². The molecular weight excluding hydrogens is 383 g/mol. The van der Waals surface area contributed by atoms with Gasteiger partial charge in [-0.1, -0.05) is 22.8 Å². The lowest BCUT2D eigenvalue weighted by Crippen LogP contribution is -2.25. The standard InChI is InChI=1S/C16H16ClFN4O3S/c1-2-22-7-3-4-14(22)16-20-15(25-21-16)9-19-26(23,24)10-11-5-6-12(18)8-13(11)17/h3-8,19H,2,9-10H2,1H3. The summed E-state index contributed by atoms with van der Waals surface area (Å²) in [7, 11) is -3.72. The maximum Gasteiger partial charge on any atom is 0.242 e. The lowest BCUT2D eigenvalue weighted by molar-refractivity contribution is 0.375. The number of hydrogen-bond acceptors (Lipinski definition) is 5. The van der Waals surface area contributed by atoms with Gasteiger partial charge in [0, 0.05) is 17.8 Å². The highest BCUT2D eigenvalue weighted by molar-refractivity contribution is 7.88. The second kappa shape index (κ2) is 7.56. The summed E-state index contributed by atoms with van der Waals surface area (Å²) >= 11 is 5.87. The van der Waals surface area contributed by atoms with Crippen molar-refractivity contribution in [2.24, 2.45) is 0 Å². The number of rotatable bonds is 7. The van der Waals surface area contributed by atoms with Crippen LogP contribution in [0.2, 0.25) is 5.02 Å². The molecule has 0 unspecified atom stereocenters. The molecule has 7 nitrogen and oxygen atoms in total. The van der Waals surface area contributed by atoms with Gasteiger partial charge in [-0.25, -0.2) is 17.5 Å². The van der Waals surface area contributed by atoms with Crippen LogP contribution in [0, 0.1) is 5.82 Å². The predicted octanol–water partition coefficient (Wildman–Crippen LogP) is 2.97. The van der Waals surface area contributed by atoms with Gasteiger partial charge in [-0.05, 0) is 36.8 Å². The Balaban J connectivity index is 1.67. The van der Waals surface area contributed by atoms with Crippen molar-refractivity contribution in [3.8, 4) is 11.5 Å². The average Bonchev–Trinajstić information content (AvgIpc) is 3.24. The number of benzene rings is 1. The van der Waals surface area contributed by atoms with Crippen LogP contribution in [0.15, 0.2) is 41.1 Å². The van der Waals surface area contributed by atoms with Crippen LogP contribution in [0.3, 0.4) is 0 Å². The molecule has 2 aromatic heterocycles. The topological polar surface area (TPSA) is 90.0 Å². The highest BCUT2D eigenvalue weighted by Gasteiger charge is 2.17. The molecule has 0 radical (unpaired) electrons. The summed E-state index contributed by atoms with van der Waals surface area (Å²) in [5.41, 5.74) is 1.08. The number of aromatic nitrogens is 3. The van der Waals surface area contributed by atoms with Crippen molar-refractivity contribution < 1.29 is 17.3 Å². The molecular formula is C16H16ClFN4O3S. The maximum absolute atomic E-state index is 13.0. The van der Waals surface area contributed by atoms with E-state index in [2.05, 4.69) is 14.9 Å². The van der Waals surface area contributed by atoms with Crippen LogP contribution in [0.5, 0.6) is 0 Å². The van der Waals surface area contributed by atoms with Crippen molar-refractivity contribution in [2.75, 3.05) is 0 Å². The Morgan fingerprint density at radius 2 is 2.15 bits per heavy atom. The van der Waals surface area contributed by atoms with Crippen LogP contribution in [-0.2, 0) is 28.9 Å². The summed E-state index contributed by atoms with van der Waals surface area (Å²) in [4.78, 5) is 4.20. The highest BCUT2D eigenvalue weighted by atomic mass is 35.5. The number of halogens is 2. The minimum absolute atomic E-state index is 0.0516. The van der Waals surface area contributed by atoms with E-state index in [0.29, 0.717) is 11.4 Å². The third kappa shape index (κ3) is 4.29. The molecule has 3 rings (SSSR count). The molecule has 138 valence electrons. The van der Waals surface area contributed by atoms with Gasteiger partial charge in [0.25, 0.3) is 0 Å². The zero-order valence-electron chi connectivity index (χ0n) is 13.8. The number of aryl methyl sites for hydroxylation is 1. The summed E-state index contributed by atoms with van der Waals surface area (Å²) < 4.78 is 46.8. The summed E-state index contributed by atoms with van der Waals surface area (Å²) in [6, 6.07) is 7.27. The minimum atomic E-state index is -3.72. The molecule has 10 heteroatoms. The third-order valence-electron chi connectivity index (χ3n) is 3.67. The van der Waals surface area contributed by atoms with Gasteiger partial charge in [0.1, 0.15) is 5.82 Å². The smallest absolute Gasteiger partial charge is 0.242 e. The molecule has 26 heavy (non-hydrogen) atoms. The number of nitrogens with one attached hydrogen (secondary N) is 1. The summed E-state index contributed by atoms with van der Waals surface area (Å²) in [5, 5.41) is 3.92. The first-order chi connectivity index (χ1) is 12.4. The SMILES string of the molecule is CCn1cccc1-c1noc(CNS(=O)(=O)Cc2ccc(F)cc2Cl)n1. The van der Waals surface area contributed by atoms with Crippen LogP contribution < -0.4 is 4.72 Å². The van der Waals surface area contributed by atoms with Gasteiger partial charge in [-0.15, -0.1) is 0 Å². The lowest BCUT2D eigenvalue weighted by atomic mass is 10.2. The maximum atomic E-state index is 13.0. The molecule has 0 bridgehead atoms. The quantitative estimate of drug-likeness (QED) is 0.660. The van der Waals surface area contributed by atoms with Crippen molar-refractivity contribution in [3.63, 3.8) is 0 Å². The Kier molecular flexibility index (Phi) is 5.40. The fraction of sp³-hybridized carbons (Fsp3) is 0.250. The Labute approximate surface area is 154 Å². The lowest BCUT2D eigenvalue weighted by Gasteiger charge is -2.06. The average molecular weight is 399 g/mol. The zero-order chi connectivity index (χ0) is 18.7. The fourth-order valence-corrected chi connectivity index (χ4v) is 3.81. The van der Waals surface area contributed by atoms with Crippen molar-refractivity contribution in [3.05, 3.63) is 58.8 Å². The van der Waals surface area contributed by atoms with Crippen molar-refractivity contribution in [1.82, 2.24) is 19.4 Å². The molecule has 0 spiro atoms. The summed E-state index contributed by atoms with van der Waals surface area (Å²) in [6.07, 6.45) is 1.89. The van der Waals surface area contributed by atoms with Gasteiger partial charge in [0.2, 0.25) is 21.7 Å². The first-order valence-electron chi connectivity index (χ1n) is 7.77. The normalized spacial score (nSPS) is 11.8. The first kappa shape index (κ1) is 18.6. The Hall–Kier alpha value is -2.23. The van der Waals surface area contributed by atoms with E-state index >= 15 is 0 Å². The van der Waals surface area contributed by atoms with Gasteiger partial charge >= 0.3 is 0 Å². The minimum Gasteiger partial charge on any atom is -0.345 e. The molecule has 1 N–H and O–H groups in total. The molecule has 0 aliphatic carbocycles. The molecule has 0 fully saturated rings. The first-order valence-corrected chi connectivity index (χ1v) is 9.80. The molecule has 0 saturated heterocycles. The monoisotopic (exact) mass is 398 g/mol. The Bertz CT molecular complexity index is 1020. The van der Waals surface area contributed by atoms with Crippen LogP contribution in [0.25, 0.3) is 11.5 Å². The molecule has 2 heterocycles. The molecule has 1 aromatic carbocycles. The van der Waals surface area contributed by atoms with Gasteiger partial charge < -0.3 is 9.09 Å². The van der Waals surface area contributed by atoms with Gasteiger partial charge in [0.15, 0.2) is 0 Å².